The van der Waals surface area contributed by atoms with Gasteiger partial charge in [-0.05, 0) is 24.1 Å². The van der Waals surface area contributed by atoms with Crippen LogP contribution in [0.1, 0.15) is 18.4 Å². The molecule has 2 N–H and O–H groups in total. The molecule has 0 spiro atoms. The molecule has 1 aromatic carbocycles. The number of alkyl halides is 2. The fraction of sp³-hybridized carbons (Fsp3) is 0.385. The molecule has 0 aliphatic carbocycles. The van der Waals surface area contributed by atoms with E-state index in [0.29, 0.717) is 15.6 Å². The first-order chi connectivity index (χ1) is 9.79. The first-order valence-corrected chi connectivity index (χ1v) is 6.79. The normalized spacial score (nSPS) is 12.2. The number of rotatable bonds is 7. The van der Waals surface area contributed by atoms with Crippen LogP contribution < -0.4 is 5.32 Å². The predicted octanol–water partition coefficient (Wildman–Crippen LogP) is 3.15. The van der Waals surface area contributed by atoms with Crippen molar-refractivity contribution < 1.29 is 23.5 Å². The van der Waals surface area contributed by atoms with Crippen molar-refractivity contribution in [2.24, 2.45) is 0 Å². The highest BCUT2D eigenvalue weighted by Crippen LogP contribution is 2.22. The molecular weight excluding hydrogens is 327 g/mol. The van der Waals surface area contributed by atoms with Gasteiger partial charge in [0.15, 0.2) is 0 Å². The highest BCUT2D eigenvalue weighted by Gasteiger charge is 2.23. The van der Waals surface area contributed by atoms with Gasteiger partial charge in [0.1, 0.15) is 6.04 Å². The van der Waals surface area contributed by atoms with Gasteiger partial charge in [0.05, 0.1) is 0 Å². The third-order valence-corrected chi connectivity index (χ3v) is 3.27. The van der Waals surface area contributed by atoms with Crippen LogP contribution in [0.25, 0.3) is 0 Å². The van der Waals surface area contributed by atoms with E-state index in [4.69, 9.17) is 28.3 Å². The number of hydrogen-bond acceptors (Lipinski definition) is 2. The Morgan fingerprint density at radius 3 is 2.48 bits per heavy atom. The van der Waals surface area contributed by atoms with Crippen molar-refractivity contribution in [3.8, 4) is 0 Å². The van der Waals surface area contributed by atoms with Crippen LogP contribution >= 0.6 is 23.2 Å². The molecule has 1 aromatic rings. The quantitative estimate of drug-likeness (QED) is 0.801. The van der Waals surface area contributed by atoms with E-state index in [1.807, 2.05) is 0 Å². The second-order valence-electron chi connectivity index (χ2n) is 4.32. The van der Waals surface area contributed by atoms with E-state index in [-0.39, 0.29) is 12.8 Å². The van der Waals surface area contributed by atoms with Gasteiger partial charge in [-0.25, -0.2) is 13.6 Å². The van der Waals surface area contributed by atoms with E-state index in [0.717, 1.165) is 0 Å². The molecule has 0 fully saturated rings. The Balaban J connectivity index is 2.54. The molecule has 0 saturated heterocycles. The van der Waals surface area contributed by atoms with Crippen LogP contribution in [0.5, 0.6) is 0 Å². The summed E-state index contributed by atoms with van der Waals surface area (Å²) in [5, 5.41) is 11.6. The van der Waals surface area contributed by atoms with E-state index in [1.54, 1.807) is 12.1 Å². The van der Waals surface area contributed by atoms with Gasteiger partial charge in [-0.1, -0.05) is 29.3 Å². The topological polar surface area (TPSA) is 66.4 Å². The molecule has 1 rings (SSSR count). The summed E-state index contributed by atoms with van der Waals surface area (Å²) in [6, 6.07) is 3.18. The van der Waals surface area contributed by atoms with Crippen molar-refractivity contribution in [2.75, 3.05) is 0 Å². The Morgan fingerprint density at radius 2 is 1.95 bits per heavy atom. The number of nitrogens with one attached hydrogen (secondary N) is 1. The van der Waals surface area contributed by atoms with Gasteiger partial charge in [-0.15, -0.1) is 0 Å². The van der Waals surface area contributed by atoms with Gasteiger partial charge in [0.2, 0.25) is 12.3 Å². The predicted molar refractivity (Wildman–Crippen MR) is 75.0 cm³/mol. The molecule has 21 heavy (non-hydrogen) atoms. The maximum Gasteiger partial charge on any atom is 0.326 e. The van der Waals surface area contributed by atoms with E-state index in [9.17, 15) is 18.4 Å². The Labute approximate surface area is 130 Å². The zero-order valence-corrected chi connectivity index (χ0v) is 12.3. The maximum atomic E-state index is 12.2. The summed E-state index contributed by atoms with van der Waals surface area (Å²) >= 11 is 11.7. The van der Waals surface area contributed by atoms with Crippen LogP contribution in [0.3, 0.4) is 0 Å². The van der Waals surface area contributed by atoms with Crippen molar-refractivity contribution in [3.63, 3.8) is 0 Å². The number of amides is 1. The van der Waals surface area contributed by atoms with Crippen LogP contribution in [0.4, 0.5) is 8.78 Å². The summed E-state index contributed by atoms with van der Waals surface area (Å²) in [5.74, 6) is -2.12. The lowest BCUT2D eigenvalue weighted by Gasteiger charge is -2.14. The molecule has 1 amide bonds. The Bertz CT molecular complexity index is 526. The van der Waals surface area contributed by atoms with E-state index >= 15 is 0 Å². The van der Waals surface area contributed by atoms with Gasteiger partial charge in [0, 0.05) is 22.9 Å². The van der Waals surface area contributed by atoms with Crippen LogP contribution in [0.2, 0.25) is 10.0 Å². The number of benzene rings is 1. The zero-order valence-electron chi connectivity index (χ0n) is 10.8. The minimum absolute atomic E-state index is 0.0611. The van der Waals surface area contributed by atoms with Crippen LogP contribution in [-0.4, -0.2) is 29.5 Å². The average molecular weight is 340 g/mol. The monoisotopic (exact) mass is 339 g/mol. The molecule has 0 radical (unpaired) electrons. The van der Waals surface area contributed by atoms with Gasteiger partial charge in [-0.2, -0.15) is 0 Å². The Morgan fingerprint density at radius 1 is 1.29 bits per heavy atom. The fourth-order valence-electron chi connectivity index (χ4n) is 1.64. The average Bonchev–Trinajstić information content (AvgIpc) is 2.36. The number of carbonyl (C=O) groups excluding carboxylic acids is 1. The maximum absolute atomic E-state index is 12.2. The molecule has 0 aromatic heterocycles. The van der Waals surface area contributed by atoms with Gasteiger partial charge in [-0.3, -0.25) is 4.79 Å². The van der Waals surface area contributed by atoms with Gasteiger partial charge < -0.3 is 10.4 Å². The van der Waals surface area contributed by atoms with Gasteiger partial charge >= 0.3 is 5.97 Å². The van der Waals surface area contributed by atoms with Crippen molar-refractivity contribution in [1.82, 2.24) is 5.32 Å². The summed E-state index contributed by atoms with van der Waals surface area (Å²) in [5.41, 5.74) is 0.664. The number of aryl methyl sites for hydroxylation is 1. The smallest absolute Gasteiger partial charge is 0.326 e. The standard InChI is InChI=1S/C13H13Cl2F2NO3/c14-8-3-1-7(9(15)5-8)2-4-12(19)18-10(13(20)21)6-11(16)17/h1,3,5,10-11H,2,4,6H2,(H,18,19)(H,20,21)/t10-/m0/s1. The van der Waals surface area contributed by atoms with Crippen molar-refractivity contribution in [2.45, 2.75) is 31.7 Å². The van der Waals surface area contributed by atoms with Crippen molar-refractivity contribution >= 4 is 35.1 Å². The van der Waals surface area contributed by atoms with E-state index in [1.165, 1.54) is 6.07 Å². The summed E-state index contributed by atoms with van der Waals surface area (Å²) in [6.07, 6.45) is -3.54. The molecule has 8 heteroatoms. The lowest BCUT2D eigenvalue weighted by Crippen LogP contribution is -2.42. The zero-order chi connectivity index (χ0) is 16.0. The third-order valence-electron chi connectivity index (χ3n) is 2.68. The first kappa shape index (κ1) is 17.7. The van der Waals surface area contributed by atoms with Crippen LogP contribution in [-0.2, 0) is 16.0 Å². The summed E-state index contributed by atoms with van der Waals surface area (Å²) in [6.45, 7) is 0. The lowest BCUT2D eigenvalue weighted by atomic mass is 10.1. The highest BCUT2D eigenvalue weighted by atomic mass is 35.5. The SMILES string of the molecule is O=C(CCc1ccc(Cl)cc1Cl)N[C@@H](CC(F)F)C(=O)O. The van der Waals surface area contributed by atoms with Crippen molar-refractivity contribution in [1.29, 1.82) is 0 Å². The minimum Gasteiger partial charge on any atom is -0.480 e. The molecule has 1 atom stereocenters. The van der Waals surface area contributed by atoms with E-state index in [2.05, 4.69) is 5.32 Å². The lowest BCUT2D eigenvalue weighted by molar-refractivity contribution is -0.143. The number of carboxylic acids is 1. The number of aliphatic carboxylic acids is 1. The largest absolute Gasteiger partial charge is 0.480 e. The molecule has 0 aliphatic heterocycles. The minimum atomic E-state index is -2.81. The molecule has 0 heterocycles. The van der Waals surface area contributed by atoms with Gasteiger partial charge in [0.25, 0.3) is 0 Å². The molecule has 0 bridgehead atoms. The van der Waals surface area contributed by atoms with Crippen LogP contribution in [0, 0.1) is 0 Å². The highest BCUT2D eigenvalue weighted by molar-refractivity contribution is 6.35. The summed E-state index contributed by atoms with van der Waals surface area (Å²) in [7, 11) is 0. The second-order valence-corrected chi connectivity index (χ2v) is 5.16. The third kappa shape index (κ3) is 6.27. The molecule has 0 saturated carbocycles. The molecule has 0 unspecified atom stereocenters. The Kier molecular flexibility index (Phi) is 6.84. The second kappa shape index (κ2) is 8.14. The number of halogens is 4. The molecule has 0 aliphatic rings. The van der Waals surface area contributed by atoms with E-state index < -0.39 is 30.8 Å². The molecular formula is C13H13Cl2F2NO3. The molecule has 116 valence electrons. The number of carboxylic acid groups (broad SMARTS) is 1. The number of hydrogen-bond donors (Lipinski definition) is 2. The fourth-order valence-corrected chi connectivity index (χ4v) is 2.14. The molecule has 4 nitrogen and oxygen atoms in total. The Hall–Kier alpha value is -1.40. The van der Waals surface area contributed by atoms with Crippen LogP contribution in [0.15, 0.2) is 18.2 Å². The first-order valence-electron chi connectivity index (χ1n) is 6.04. The summed E-state index contributed by atoms with van der Waals surface area (Å²) in [4.78, 5) is 22.4. The number of carbonyl (C=O) groups is 2. The summed E-state index contributed by atoms with van der Waals surface area (Å²) < 4.78 is 24.4. The van der Waals surface area contributed by atoms with Crippen molar-refractivity contribution in [3.05, 3.63) is 33.8 Å².